The van der Waals surface area contributed by atoms with Gasteiger partial charge in [0.15, 0.2) is 0 Å². The summed E-state index contributed by atoms with van der Waals surface area (Å²) in [6, 6.07) is 7.00. The molecule has 0 aromatic heterocycles. The van der Waals surface area contributed by atoms with E-state index in [4.69, 9.17) is 0 Å². The molecule has 3 nitrogen and oxygen atoms in total. The molecule has 4 heteroatoms. The SMILES string of the molecule is CC(C)(Br)CC(C)(C)N1C(=O)c2ccccc2C1=O. The van der Waals surface area contributed by atoms with Gasteiger partial charge in [-0.25, -0.2) is 0 Å². The molecule has 0 aliphatic carbocycles. The first-order valence-electron chi connectivity index (χ1n) is 6.30. The Labute approximate surface area is 122 Å². The van der Waals surface area contributed by atoms with Crippen molar-refractivity contribution in [2.24, 2.45) is 0 Å². The number of imide groups is 1. The lowest BCUT2D eigenvalue weighted by Crippen LogP contribution is -2.50. The molecule has 1 aromatic rings. The van der Waals surface area contributed by atoms with E-state index in [0.29, 0.717) is 17.5 Å². The molecule has 0 radical (unpaired) electrons. The maximum absolute atomic E-state index is 12.4. The van der Waals surface area contributed by atoms with Gasteiger partial charge in [0.25, 0.3) is 11.8 Å². The molecule has 0 spiro atoms. The van der Waals surface area contributed by atoms with Gasteiger partial charge < -0.3 is 0 Å². The summed E-state index contributed by atoms with van der Waals surface area (Å²) in [7, 11) is 0. The molecular formula is C15H18BrNO2. The summed E-state index contributed by atoms with van der Waals surface area (Å²) in [6.45, 7) is 7.93. The third kappa shape index (κ3) is 2.59. The predicted octanol–water partition coefficient (Wildman–Crippen LogP) is 3.62. The Morgan fingerprint density at radius 2 is 1.42 bits per heavy atom. The topological polar surface area (TPSA) is 37.4 Å². The minimum absolute atomic E-state index is 0.133. The summed E-state index contributed by atoms with van der Waals surface area (Å²) in [4.78, 5) is 26.2. The molecule has 2 amide bonds. The number of amides is 2. The summed E-state index contributed by atoms with van der Waals surface area (Å²) < 4.78 is -0.133. The van der Waals surface area contributed by atoms with E-state index in [1.54, 1.807) is 24.3 Å². The predicted molar refractivity (Wildman–Crippen MR) is 78.6 cm³/mol. The fourth-order valence-corrected chi connectivity index (χ4v) is 3.53. The molecule has 2 rings (SSSR count). The standard InChI is InChI=1S/C15H18BrNO2/c1-14(2,16)9-15(3,4)17-12(18)10-7-5-6-8-11(10)13(17)19/h5-8H,9H2,1-4H3. The first kappa shape index (κ1) is 14.3. The quantitative estimate of drug-likeness (QED) is 0.629. The average molecular weight is 324 g/mol. The normalized spacial score (nSPS) is 15.9. The van der Waals surface area contributed by atoms with E-state index in [-0.39, 0.29) is 16.1 Å². The molecule has 19 heavy (non-hydrogen) atoms. The van der Waals surface area contributed by atoms with E-state index in [2.05, 4.69) is 15.9 Å². The Morgan fingerprint density at radius 1 is 1.00 bits per heavy atom. The zero-order valence-electron chi connectivity index (χ0n) is 11.7. The number of fused-ring (bicyclic) bond motifs is 1. The van der Waals surface area contributed by atoms with Crippen LogP contribution in [0.1, 0.15) is 54.8 Å². The summed E-state index contributed by atoms with van der Waals surface area (Å²) in [6.07, 6.45) is 0.686. The number of hydrogen-bond donors (Lipinski definition) is 0. The van der Waals surface area contributed by atoms with Crippen molar-refractivity contribution < 1.29 is 9.59 Å². The highest BCUT2D eigenvalue weighted by molar-refractivity contribution is 9.10. The molecule has 1 heterocycles. The second-order valence-electron chi connectivity index (χ2n) is 6.20. The fraction of sp³-hybridized carbons (Fsp3) is 0.467. The lowest BCUT2D eigenvalue weighted by molar-refractivity contribution is 0.0456. The van der Waals surface area contributed by atoms with E-state index in [9.17, 15) is 9.59 Å². The van der Waals surface area contributed by atoms with Gasteiger partial charge in [-0.3, -0.25) is 14.5 Å². The minimum atomic E-state index is -0.528. The molecule has 0 fully saturated rings. The molecule has 1 aliphatic rings. The fourth-order valence-electron chi connectivity index (χ4n) is 2.85. The van der Waals surface area contributed by atoms with E-state index in [1.165, 1.54) is 4.90 Å². The number of alkyl halides is 1. The summed E-state index contributed by atoms with van der Waals surface area (Å²) in [5.41, 5.74) is 0.487. The van der Waals surface area contributed by atoms with E-state index < -0.39 is 5.54 Å². The van der Waals surface area contributed by atoms with Crippen molar-refractivity contribution in [1.82, 2.24) is 4.90 Å². The van der Waals surface area contributed by atoms with Gasteiger partial charge in [0.2, 0.25) is 0 Å². The highest BCUT2D eigenvalue weighted by Gasteiger charge is 2.45. The largest absolute Gasteiger partial charge is 0.269 e. The van der Waals surface area contributed by atoms with Gasteiger partial charge >= 0.3 is 0 Å². The van der Waals surface area contributed by atoms with E-state index in [0.717, 1.165) is 0 Å². The van der Waals surface area contributed by atoms with Crippen molar-refractivity contribution in [2.45, 2.75) is 44.0 Å². The maximum Gasteiger partial charge on any atom is 0.262 e. The summed E-state index contributed by atoms with van der Waals surface area (Å²) in [5.74, 6) is -0.385. The molecule has 0 bridgehead atoms. The highest BCUT2D eigenvalue weighted by atomic mass is 79.9. The van der Waals surface area contributed by atoms with E-state index >= 15 is 0 Å². The Morgan fingerprint density at radius 3 is 1.79 bits per heavy atom. The van der Waals surface area contributed by atoms with Gasteiger partial charge in [-0.1, -0.05) is 28.1 Å². The first-order chi connectivity index (χ1) is 8.63. The van der Waals surface area contributed by atoms with Crippen LogP contribution in [-0.4, -0.2) is 26.6 Å². The van der Waals surface area contributed by atoms with Crippen molar-refractivity contribution in [1.29, 1.82) is 0 Å². The zero-order valence-corrected chi connectivity index (χ0v) is 13.2. The summed E-state index contributed by atoms with van der Waals surface area (Å²) >= 11 is 3.59. The van der Waals surface area contributed by atoms with Gasteiger partial charge in [0.05, 0.1) is 11.1 Å². The summed E-state index contributed by atoms with van der Waals surface area (Å²) in [5, 5.41) is 0. The molecule has 1 aliphatic heterocycles. The smallest absolute Gasteiger partial charge is 0.262 e. The van der Waals surface area contributed by atoms with Gasteiger partial charge in [0.1, 0.15) is 0 Å². The van der Waals surface area contributed by atoms with Crippen LogP contribution in [-0.2, 0) is 0 Å². The van der Waals surface area contributed by atoms with Crippen molar-refractivity contribution in [3.05, 3.63) is 35.4 Å². The van der Waals surface area contributed by atoms with Crippen molar-refractivity contribution in [2.75, 3.05) is 0 Å². The number of halogens is 1. The first-order valence-corrected chi connectivity index (χ1v) is 7.10. The Balaban J connectivity index is 2.39. The maximum atomic E-state index is 12.4. The molecule has 0 N–H and O–H groups in total. The highest BCUT2D eigenvalue weighted by Crippen LogP contribution is 2.36. The van der Waals surface area contributed by atoms with Gasteiger partial charge in [-0.15, -0.1) is 0 Å². The molecule has 0 atom stereocenters. The van der Waals surface area contributed by atoms with Gasteiger partial charge in [-0.05, 0) is 46.2 Å². The van der Waals surface area contributed by atoms with E-state index in [1.807, 2.05) is 27.7 Å². The van der Waals surface area contributed by atoms with Crippen LogP contribution in [0.2, 0.25) is 0 Å². The van der Waals surface area contributed by atoms with Crippen LogP contribution in [0.15, 0.2) is 24.3 Å². The molecule has 1 aromatic carbocycles. The molecule has 102 valence electrons. The number of rotatable bonds is 3. The Kier molecular flexibility index (Phi) is 3.33. The molecule has 0 saturated heterocycles. The van der Waals surface area contributed by atoms with Crippen LogP contribution in [0, 0.1) is 0 Å². The lowest BCUT2D eigenvalue weighted by Gasteiger charge is -2.37. The number of nitrogens with zero attached hydrogens (tertiary/aromatic N) is 1. The zero-order chi connectivity index (χ0) is 14.4. The average Bonchev–Trinajstić information content (AvgIpc) is 2.49. The van der Waals surface area contributed by atoms with Gasteiger partial charge in [-0.2, -0.15) is 0 Å². The van der Waals surface area contributed by atoms with Crippen LogP contribution in [0.5, 0.6) is 0 Å². The number of carbonyl (C=O) groups is 2. The van der Waals surface area contributed by atoms with Crippen LogP contribution in [0.3, 0.4) is 0 Å². The Hall–Kier alpha value is -1.16. The van der Waals surface area contributed by atoms with Crippen LogP contribution in [0.25, 0.3) is 0 Å². The second kappa shape index (κ2) is 4.44. The lowest BCUT2D eigenvalue weighted by atomic mass is 9.91. The number of carbonyl (C=O) groups excluding carboxylic acids is 2. The van der Waals surface area contributed by atoms with Gasteiger partial charge in [0, 0.05) is 9.86 Å². The Bertz CT molecular complexity index is 508. The van der Waals surface area contributed by atoms with Crippen LogP contribution >= 0.6 is 15.9 Å². The molecule has 0 saturated carbocycles. The third-order valence-corrected chi connectivity index (χ3v) is 3.53. The molecule has 0 unspecified atom stereocenters. The van der Waals surface area contributed by atoms with Crippen molar-refractivity contribution in [3.63, 3.8) is 0 Å². The van der Waals surface area contributed by atoms with Crippen molar-refractivity contribution >= 4 is 27.7 Å². The second-order valence-corrected chi connectivity index (χ2v) is 8.35. The van der Waals surface area contributed by atoms with Crippen molar-refractivity contribution in [3.8, 4) is 0 Å². The minimum Gasteiger partial charge on any atom is -0.269 e. The number of benzene rings is 1. The monoisotopic (exact) mass is 323 g/mol. The third-order valence-electron chi connectivity index (χ3n) is 3.25. The van der Waals surface area contributed by atoms with Crippen LogP contribution < -0.4 is 0 Å². The molecular weight excluding hydrogens is 306 g/mol. The number of hydrogen-bond acceptors (Lipinski definition) is 2. The van der Waals surface area contributed by atoms with Crippen LogP contribution in [0.4, 0.5) is 0 Å².